The van der Waals surface area contributed by atoms with Crippen molar-refractivity contribution in [2.24, 2.45) is 0 Å². The second kappa shape index (κ2) is 2.92. The van der Waals surface area contributed by atoms with Gasteiger partial charge in [0.15, 0.2) is 0 Å². The van der Waals surface area contributed by atoms with Gasteiger partial charge in [-0.05, 0) is 19.1 Å². The van der Waals surface area contributed by atoms with Crippen LogP contribution < -0.4 is 4.74 Å². The Balaban J connectivity index is 2.88. The standard InChI is InChI=1S/C9H9ClN2O/c1-5-8-7(12-11-5)4-3-6(10)9(8)13-2/h3-4H,1-2H3,(H,11,12). The smallest absolute Gasteiger partial charge is 0.148 e. The Kier molecular flexibility index (Phi) is 1.88. The number of hydrogen-bond donors (Lipinski definition) is 1. The number of aryl methyl sites for hydroxylation is 1. The van der Waals surface area contributed by atoms with Crippen LogP contribution in [0, 0.1) is 6.92 Å². The highest BCUT2D eigenvalue weighted by atomic mass is 35.5. The number of aromatic nitrogens is 2. The molecule has 13 heavy (non-hydrogen) atoms. The van der Waals surface area contributed by atoms with Gasteiger partial charge in [0, 0.05) is 5.69 Å². The Morgan fingerprint density at radius 2 is 2.23 bits per heavy atom. The molecule has 0 radical (unpaired) electrons. The molecule has 0 saturated carbocycles. The van der Waals surface area contributed by atoms with Gasteiger partial charge in [0.2, 0.25) is 0 Å². The summed E-state index contributed by atoms with van der Waals surface area (Å²) < 4.78 is 5.21. The van der Waals surface area contributed by atoms with Gasteiger partial charge in [-0.3, -0.25) is 5.10 Å². The van der Waals surface area contributed by atoms with E-state index in [0.29, 0.717) is 10.8 Å². The molecule has 4 heteroatoms. The van der Waals surface area contributed by atoms with Crippen molar-refractivity contribution in [1.29, 1.82) is 0 Å². The first-order chi connectivity index (χ1) is 6.24. The number of halogens is 1. The maximum absolute atomic E-state index is 5.97. The maximum atomic E-state index is 5.97. The van der Waals surface area contributed by atoms with Gasteiger partial charge in [0.25, 0.3) is 0 Å². The van der Waals surface area contributed by atoms with Gasteiger partial charge in [-0.15, -0.1) is 0 Å². The zero-order valence-corrected chi connectivity index (χ0v) is 8.14. The van der Waals surface area contributed by atoms with Gasteiger partial charge in [-0.1, -0.05) is 11.6 Å². The van der Waals surface area contributed by atoms with Crippen LogP contribution >= 0.6 is 11.6 Å². The summed E-state index contributed by atoms with van der Waals surface area (Å²) in [4.78, 5) is 0. The largest absolute Gasteiger partial charge is 0.494 e. The molecular weight excluding hydrogens is 188 g/mol. The predicted octanol–water partition coefficient (Wildman–Crippen LogP) is 2.53. The number of nitrogens with zero attached hydrogens (tertiary/aromatic N) is 1. The van der Waals surface area contributed by atoms with Crippen molar-refractivity contribution >= 4 is 22.5 Å². The van der Waals surface area contributed by atoms with Crippen LogP contribution in [0.25, 0.3) is 10.9 Å². The Hall–Kier alpha value is -1.22. The lowest BCUT2D eigenvalue weighted by atomic mass is 10.2. The van der Waals surface area contributed by atoms with Crippen molar-refractivity contribution in [3.05, 3.63) is 22.8 Å². The molecule has 2 rings (SSSR count). The molecule has 1 N–H and O–H groups in total. The van der Waals surface area contributed by atoms with Crippen molar-refractivity contribution in [3.63, 3.8) is 0 Å². The predicted molar refractivity (Wildman–Crippen MR) is 52.4 cm³/mol. The maximum Gasteiger partial charge on any atom is 0.148 e. The number of H-pyrrole nitrogens is 1. The lowest BCUT2D eigenvalue weighted by molar-refractivity contribution is 0.420. The number of fused-ring (bicyclic) bond motifs is 1. The molecule has 0 bridgehead atoms. The number of aromatic amines is 1. The molecule has 0 atom stereocenters. The van der Waals surface area contributed by atoms with Crippen LogP contribution in [0.1, 0.15) is 5.69 Å². The van der Waals surface area contributed by atoms with Gasteiger partial charge in [0.05, 0.1) is 23.0 Å². The fourth-order valence-electron chi connectivity index (χ4n) is 1.40. The van der Waals surface area contributed by atoms with Gasteiger partial charge < -0.3 is 4.74 Å². The molecule has 0 unspecified atom stereocenters. The van der Waals surface area contributed by atoms with Gasteiger partial charge in [-0.25, -0.2) is 0 Å². The highest BCUT2D eigenvalue weighted by Crippen LogP contribution is 2.33. The van der Waals surface area contributed by atoms with Crippen LogP contribution in [-0.4, -0.2) is 17.3 Å². The first-order valence-corrected chi connectivity index (χ1v) is 4.29. The average molecular weight is 197 g/mol. The van der Waals surface area contributed by atoms with Crippen molar-refractivity contribution < 1.29 is 4.74 Å². The van der Waals surface area contributed by atoms with Gasteiger partial charge in [0.1, 0.15) is 5.75 Å². The monoisotopic (exact) mass is 196 g/mol. The molecule has 0 amide bonds. The number of rotatable bonds is 1. The van der Waals surface area contributed by atoms with E-state index in [2.05, 4.69) is 10.2 Å². The quantitative estimate of drug-likeness (QED) is 0.761. The van der Waals surface area contributed by atoms with E-state index in [1.807, 2.05) is 13.0 Å². The number of nitrogens with one attached hydrogen (secondary N) is 1. The van der Waals surface area contributed by atoms with Gasteiger partial charge in [-0.2, -0.15) is 5.10 Å². The SMILES string of the molecule is COc1c(Cl)ccc2n[nH]c(C)c12. The van der Waals surface area contributed by atoms with E-state index in [4.69, 9.17) is 16.3 Å². The summed E-state index contributed by atoms with van der Waals surface area (Å²) in [6, 6.07) is 3.65. The number of methoxy groups -OCH3 is 1. The second-order valence-electron chi connectivity index (χ2n) is 2.82. The first kappa shape index (κ1) is 8.38. The molecule has 1 aromatic carbocycles. The molecule has 1 heterocycles. The lowest BCUT2D eigenvalue weighted by Crippen LogP contribution is -1.85. The second-order valence-corrected chi connectivity index (χ2v) is 3.23. The van der Waals surface area contributed by atoms with Crippen LogP contribution in [0.3, 0.4) is 0 Å². The molecule has 1 aromatic heterocycles. The average Bonchev–Trinajstić information content (AvgIpc) is 2.49. The number of hydrogen-bond acceptors (Lipinski definition) is 2. The number of ether oxygens (including phenoxy) is 1. The lowest BCUT2D eigenvalue weighted by Gasteiger charge is -2.03. The Bertz CT molecular complexity index is 450. The fourth-order valence-corrected chi connectivity index (χ4v) is 1.64. The number of benzene rings is 1. The van der Waals surface area contributed by atoms with E-state index in [9.17, 15) is 0 Å². The highest BCUT2D eigenvalue weighted by molar-refractivity contribution is 6.33. The molecule has 0 saturated heterocycles. The van der Waals surface area contributed by atoms with E-state index in [1.165, 1.54) is 0 Å². The topological polar surface area (TPSA) is 37.9 Å². The van der Waals surface area contributed by atoms with E-state index in [-0.39, 0.29) is 0 Å². The molecule has 2 aromatic rings. The van der Waals surface area contributed by atoms with E-state index >= 15 is 0 Å². The Morgan fingerprint density at radius 3 is 2.92 bits per heavy atom. The van der Waals surface area contributed by atoms with Crippen LogP contribution in [0.5, 0.6) is 5.75 Å². The molecule has 0 aliphatic heterocycles. The molecular formula is C9H9ClN2O. The Labute approximate surface area is 80.7 Å². The van der Waals surface area contributed by atoms with Crippen molar-refractivity contribution in [3.8, 4) is 5.75 Å². The fraction of sp³-hybridized carbons (Fsp3) is 0.222. The molecule has 0 aliphatic carbocycles. The van der Waals surface area contributed by atoms with Crippen molar-refractivity contribution in [2.45, 2.75) is 6.92 Å². The summed E-state index contributed by atoms with van der Waals surface area (Å²) >= 11 is 5.97. The van der Waals surface area contributed by atoms with Gasteiger partial charge >= 0.3 is 0 Å². The third-order valence-corrected chi connectivity index (χ3v) is 2.31. The molecule has 3 nitrogen and oxygen atoms in total. The normalized spacial score (nSPS) is 10.7. The van der Waals surface area contributed by atoms with Crippen molar-refractivity contribution in [2.75, 3.05) is 7.11 Å². The molecule has 0 spiro atoms. The summed E-state index contributed by atoms with van der Waals surface area (Å²) in [5.74, 6) is 0.686. The van der Waals surface area contributed by atoms with Crippen LogP contribution in [-0.2, 0) is 0 Å². The summed E-state index contributed by atoms with van der Waals surface area (Å²) in [7, 11) is 1.60. The van der Waals surface area contributed by atoms with Crippen LogP contribution in [0.2, 0.25) is 5.02 Å². The zero-order chi connectivity index (χ0) is 9.42. The summed E-state index contributed by atoms with van der Waals surface area (Å²) in [5.41, 5.74) is 1.84. The van der Waals surface area contributed by atoms with Crippen molar-refractivity contribution in [1.82, 2.24) is 10.2 Å². The molecule has 0 fully saturated rings. The third-order valence-electron chi connectivity index (χ3n) is 2.01. The minimum absolute atomic E-state index is 0.611. The minimum atomic E-state index is 0.611. The third kappa shape index (κ3) is 1.16. The first-order valence-electron chi connectivity index (χ1n) is 3.91. The highest BCUT2D eigenvalue weighted by Gasteiger charge is 2.10. The summed E-state index contributed by atoms with van der Waals surface area (Å²) in [5, 5.41) is 8.56. The van der Waals surface area contributed by atoms with Crippen LogP contribution in [0.15, 0.2) is 12.1 Å². The summed E-state index contributed by atoms with van der Waals surface area (Å²) in [6.45, 7) is 1.94. The minimum Gasteiger partial charge on any atom is -0.494 e. The zero-order valence-electron chi connectivity index (χ0n) is 7.39. The van der Waals surface area contributed by atoms with E-state index in [1.54, 1.807) is 13.2 Å². The molecule has 0 aliphatic rings. The molecule has 68 valence electrons. The Morgan fingerprint density at radius 1 is 1.46 bits per heavy atom. The van der Waals surface area contributed by atoms with E-state index in [0.717, 1.165) is 16.6 Å². The van der Waals surface area contributed by atoms with E-state index < -0.39 is 0 Å². The summed E-state index contributed by atoms with van der Waals surface area (Å²) in [6.07, 6.45) is 0. The van der Waals surface area contributed by atoms with Crippen LogP contribution in [0.4, 0.5) is 0 Å².